The second kappa shape index (κ2) is 7.61. The number of likely N-dealkylation sites (tertiary alicyclic amines) is 1. The van der Waals surface area contributed by atoms with Crippen molar-refractivity contribution in [1.29, 1.82) is 0 Å². The standard InChI is InChI=1S/C15H22ClN3O3S/c1-17-9-12-7-8-19(10-12)15(20)11-18(2)23(21,22)14-5-3-13(16)4-6-14/h3-6,12,17H,7-11H2,1-2H3. The Morgan fingerprint density at radius 1 is 1.39 bits per heavy atom. The van der Waals surface area contributed by atoms with Gasteiger partial charge in [0.25, 0.3) is 0 Å². The van der Waals surface area contributed by atoms with Crippen molar-refractivity contribution in [3.05, 3.63) is 29.3 Å². The Bertz CT molecular complexity index is 648. The van der Waals surface area contributed by atoms with Crippen LogP contribution in [0.3, 0.4) is 0 Å². The molecule has 0 bridgehead atoms. The van der Waals surface area contributed by atoms with Gasteiger partial charge < -0.3 is 10.2 Å². The Morgan fingerprint density at radius 2 is 2.04 bits per heavy atom. The zero-order valence-electron chi connectivity index (χ0n) is 13.3. The molecule has 1 amide bonds. The number of sulfonamides is 1. The van der Waals surface area contributed by atoms with Crippen LogP contribution in [-0.4, -0.2) is 63.8 Å². The summed E-state index contributed by atoms with van der Waals surface area (Å²) in [4.78, 5) is 14.2. The van der Waals surface area contributed by atoms with E-state index < -0.39 is 10.0 Å². The molecule has 23 heavy (non-hydrogen) atoms. The van der Waals surface area contributed by atoms with Crippen LogP contribution in [0.5, 0.6) is 0 Å². The molecule has 1 saturated heterocycles. The van der Waals surface area contributed by atoms with Crippen LogP contribution in [-0.2, 0) is 14.8 Å². The van der Waals surface area contributed by atoms with E-state index in [1.807, 2.05) is 7.05 Å². The Labute approximate surface area is 142 Å². The van der Waals surface area contributed by atoms with Crippen LogP contribution in [0, 0.1) is 5.92 Å². The highest BCUT2D eigenvalue weighted by Crippen LogP contribution is 2.19. The lowest BCUT2D eigenvalue weighted by Crippen LogP contribution is -2.40. The lowest BCUT2D eigenvalue weighted by Gasteiger charge is -2.21. The molecule has 2 rings (SSSR count). The smallest absolute Gasteiger partial charge is 0.243 e. The first-order chi connectivity index (χ1) is 10.8. The van der Waals surface area contributed by atoms with Crippen molar-refractivity contribution in [2.45, 2.75) is 11.3 Å². The maximum absolute atomic E-state index is 12.5. The molecule has 1 atom stereocenters. The number of nitrogens with zero attached hydrogens (tertiary/aromatic N) is 2. The zero-order valence-corrected chi connectivity index (χ0v) is 14.9. The van der Waals surface area contributed by atoms with Gasteiger partial charge in [-0.3, -0.25) is 4.79 Å². The predicted octanol–water partition coefficient (Wildman–Crippen LogP) is 1.03. The molecule has 0 radical (unpaired) electrons. The second-order valence-electron chi connectivity index (χ2n) is 5.77. The number of carbonyl (C=O) groups excluding carboxylic acids is 1. The molecular formula is C15H22ClN3O3S. The minimum atomic E-state index is -3.69. The van der Waals surface area contributed by atoms with Gasteiger partial charge in [0.2, 0.25) is 15.9 Å². The van der Waals surface area contributed by atoms with E-state index in [1.54, 1.807) is 4.90 Å². The Balaban J connectivity index is 1.99. The van der Waals surface area contributed by atoms with Gasteiger partial charge in [0.05, 0.1) is 11.4 Å². The van der Waals surface area contributed by atoms with Crippen molar-refractivity contribution in [1.82, 2.24) is 14.5 Å². The molecule has 1 aromatic rings. The van der Waals surface area contributed by atoms with Gasteiger partial charge in [-0.15, -0.1) is 0 Å². The van der Waals surface area contributed by atoms with Crippen LogP contribution >= 0.6 is 11.6 Å². The summed E-state index contributed by atoms with van der Waals surface area (Å²) in [5.74, 6) is 0.269. The fourth-order valence-electron chi connectivity index (χ4n) is 2.68. The number of carbonyl (C=O) groups is 1. The van der Waals surface area contributed by atoms with Crippen molar-refractivity contribution >= 4 is 27.5 Å². The van der Waals surface area contributed by atoms with E-state index in [9.17, 15) is 13.2 Å². The normalized spacial score (nSPS) is 18.6. The molecule has 1 unspecified atom stereocenters. The van der Waals surface area contributed by atoms with Gasteiger partial charge in [0, 0.05) is 25.2 Å². The van der Waals surface area contributed by atoms with Gasteiger partial charge in [-0.25, -0.2) is 8.42 Å². The Morgan fingerprint density at radius 3 is 2.65 bits per heavy atom. The summed E-state index contributed by atoms with van der Waals surface area (Å²) in [6.07, 6.45) is 0.945. The number of halogens is 1. The fourth-order valence-corrected chi connectivity index (χ4v) is 3.92. The SMILES string of the molecule is CNCC1CCN(C(=O)CN(C)S(=O)(=O)c2ccc(Cl)cc2)C1. The Hall–Kier alpha value is -1.15. The summed E-state index contributed by atoms with van der Waals surface area (Å²) in [6, 6.07) is 5.93. The van der Waals surface area contributed by atoms with Gasteiger partial charge in [-0.05, 0) is 50.2 Å². The maximum Gasteiger partial charge on any atom is 0.243 e. The van der Waals surface area contributed by atoms with Gasteiger partial charge >= 0.3 is 0 Å². The molecule has 1 N–H and O–H groups in total. The minimum absolute atomic E-state index is 0.131. The molecule has 6 nitrogen and oxygen atoms in total. The van der Waals surface area contributed by atoms with Crippen molar-refractivity contribution < 1.29 is 13.2 Å². The number of hydrogen-bond acceptors (Lipinski definition) is 4. The number of nitrogens with one attached hydrogen (secondary N) is 1. The van der Waals surface area contributed by atoms with Crippen LogP contribution in [0.25, 0.3) is 0 Å². The molecule has 8 heteroatoms. The number of rotatable bonds is 6. The first-order valence-corrected chi connectivity index (χ1v) is 9.30. The van der Waals surface area contributed by atoms with E-state index >= 15 is 0 Å². The van der Waals surface area contributed by atoms with E-state index in [0.717, 1.165) is 17.3 Å². The highest BCUT2D eigenvalue weighted by molar-refractivity contribution is 7.89. The van der Waals surface area contributed by atoms with Crippen LogP contribution in [0.4, 0.5) is 0 Å². The summed E-state index contributed by atoms with van der Waals surface area (Å²) in [5, 5.41) is 3.57. The number of likely N-dealkylation sites (N-methyl/N-ethyl adjacent to an activating group) is 1. The third kappa shape index (κ3) is 4.44. The number of benzene rings is 1. The van der Waals surface area contributed by atoms with Crippen molar-refractivity contribution in [2.24, 2.45) is 5.92 Å². The topological polar surface area (TPSA) is 69.7 Å². The van der Waals surface area contributed by atoms with Gasteiger partial charge in [0.15, 0.2) is 0 Å². The lowest BCUT2D eigenvalue weighted by atomic mass is 10.1. The summed E-state index contributed by atoms with van der Waals surface area (Å²) in [7, 11) is -0.384. The maximum atomic E-state index is 12.5. The van der Waals surface area contributed by atoms with E-state index in [1.165, 1.54) is 31.3 Å². The van der Waals surface area contributed by atoms with E-state index in [2.05, 4.69) is 5.32 Å². The average Bonchev–Trinajstić information content (AvgIpc) is 2.96. The third-order valence-electron chi connectivity index (χ3n) is 4.01. The highest BCUT2D eigenvalue weighted by Gasteiger charge is 2.29. The molecule has 1 aromatic carbocycles. The molecule has 0 aliphatic carbocycles. The quantitative estimate of drug-likeness (QED) is 0.823. The summed E-state index contributed by atoms with van der Waals surface area (Å²) >= 11 is 5.78. The Kier molecular flexibility index (Phi) is 6.02. The summed E-state index contributed by atoms with van der Waals surface area (Å²) in [6.45, 7) is 2.06. The van der Waals surface area contributed by atoms with Crippen LogP contribution in [0.2, 0.25) is 5.02 Å². The largest absolute Gasteiger partial charge is 0.341 e. The molecule has 128 valence electrons. The van der Waals surface area contributed by atoms with E-state index in [0.29, 0.717) is 24.0 Å². The average molecular weight is 360 g/mol. The second-order valence-corrected chi connectivity index (χ2v) is 8.25. The molecule has 1 heterocycles. The van der Waals surface area contributed by atoms with Crippen LogP contribution < -0.4 is 5.32 Å². The van der Waals surface area contributed by atoms with Crippen molar-refractivity contribution in [2.75, 3.05) is 40.3 Å². The first-order valence-electron chi connectivity index (χ1n) is 7.49. The first kappa shape index (κ1) is 18.2. The van der Waals surface area contributed by atoms with Crippen LogP contribution in [0.15, 0.2) is 29.2 Å². The molecule has 0 saturated carbocycles. The van der Waals surface area contributed by atoms with Gasteiger partial charge in [-0.2, -0.15) is 4.31 Å². The highest BCUT2D eigenvalue weighted by atomic mass is 35.5. The van der Waals surface area contributed by atoms with E-state index in [-0.39, 0.29) is 17.3 Å². The van der Waals surface area contributed by atoms with Crippen molar-refractivity contribution in [3.63, 3.8) is 0 Å². The molecule has 0 aromatic heterocycles. The van der Waals surface area contributed by atoms with Crippen molar-refractivity contribution in [3.8, 4) is 0 Å². The van der Waals surface area contributed by atoms with Gasteiger partial charge in [0.1, 0.15) is 0 Å². The van der Waals surface area contributed by atoms with Crippen LogP contribution in [0.1, 0.15) is 6.42 Å². The number of amides is 1. The summed E-state index contributed by atoms with van der Waals surface area (Å²) in [5.41, 5.74) is 0. The monoisotopic (exact) mass is 359 g/mol. The number of hydrogen-bond donors (Lipinski definition) is 1. The van der Waals surface area contributed by atoms with E-state index in [4.69, 9.17) is 11.6 Å². The molecule has 1 fully saturated rings. The molecule has 0 spiro atoms. The molecule has 1 aliphatic rings. The summed E-state index contributed by atoms with van der Waals surface area (Å²) < 4.78 is 26.0. The third-order valence-corrected chi connectivity index (χ3v) is 6.08. The lowest BCUT2D eigenvalue weighted by molar-refractivity contribution is -0.130. The predicted molar refractivity (Wildman–Crippen MR) is 89.9 cm³/mol. The minimum Gasteiger partial charge on any atom is -0.341 e. The van der Waals surface area contributed by atoms with Gasteiger partial charge in [-0.1, -0.05) is 11.6 Å². The fraction of sp³-hybridized carbons (Fsp3) is 0.533. The molecular weight excluding hydrogens is 338 g/mol. The zero-order chi connectivity index (χ0) is 17.0. The molecule has 1 aliphatic heterocycles.